The Hall–Kier alpha value is -2.44. The summed E-state index contributed by atoms with van der Waals surface area (Å²) < 4.78 is 16.7. The maximum absolute atomic E-state index is 10.3. The number of phenolic OH excluding ortho intramolecular Hbond substituents is 1. The van der Waals surface area contributed by atoms with E-state index in [4.69, 9.17) is 14.2 Å². The fraction of sp³-hybridized carbons (Fsp3) is 0.571. The van der Waals surface area contributed by atoms with Crippen LogP contribution in [0, 0.1) is 11.8 Å². The van der Waals surface area contributed by atoms with Gasteiger partial charge in [0.15, 0.2) is 23.0 Å². The lowest BCUT2D eigenvalue weighted by Gasteiger charge is -2.48. The second-order valence-electron chi connectivity index (χ2n) is 10.0. The molecule has 0 saturated carbocycles. The molecule has 6 nitrogen and oxygen atoms in total. The topological polar surface area (TPSA) is 63.2 Å². The van der Waals surface area contributed by atoms with Gasteiger partial charge < -0.3 is 24.6 Å². The summed E-state index contributed by atoms with van der Waals surface area (Å²) in [6.07, 6.45) is 5.46. The summed E-state index contributed by atoms with van der Waals surface area (Å²) in [6, 6.07) is 9.06. The van der Waals surface area contributed by atoms with Crippen LogP contribution in [0.3, 0.4) is 0 Å². The van der Waals surface area contributed by atoms with Crippen molar-refractivity contribution in [3.8, 4) is 23.0 Å². The van der Waals surface area contributed by atoms with Gasteiger partial charge in [0, 0.05) is 25.2 Å². The van der Waals surface area contributed by atoms with Gasteiger partial charge in [-0.25, -0.2) is 0 Å². The minimum absolute atomic E-state index is 0.241. The van der Waals surface area contributed by atoms with E-state index in [1.54, 1.807) is 21.3 Å². The lowest BCUT2D eigenvalue weighted by atomic mass is 9.72. The van der Waals surface area contributed by atoms with Gasteiger partial charge in [0.25, 0.3) is 0 Å². The number of ether oxygens (including phenoxy) is 3. The highest BCUT2D eigenvalue weighted by molar-refractivity contribution is 5.50. The third-order valence-corrected chi connectivity index (χ3v) is 8.44. The molecule has 34 heavy (non-hydrogen) atoms. The van der Waals surface area contributed by atoms with Gasteiger partial charge in [-0.3, -0.25) is 4.90 Å². The Morgan fingerprint density at radius 1 is 0.912 bits per heavy atom. The molecule has 0 aliphatic carbocycles. The van der Waals surface area contributed by atoms with Crippen LogP contribution in [0.2, 0.25) is 0 Å². The number of phenols is 1. The predicted octanol–water partition coefficient (Wildman–Crippen LogP) is 4.64. The maximum atomic E-state index is 10.3. The zero-order valence-corrected chi connectivity index (χ0v) is 20.9. The molecule has 2 N–H and O–H groups in total. The van der Waals surface area contributed by atoms with Gasteiger partial charge >= 0.3 is 0 Å². The van der Waals surface area contributed by atoms with E-state index in [1.165, 1.54) is 28.7 Å². The van der Waals surface area contributed by atoms with Crippen molar-refractivity contribution >= 4 is 0 Å². The molecule has 0 bridgehead atoms. The average molecular weight is 467 g/mol. The molecular weight excluding hydrogens is 428 g/mol. The van der Waals surface area contributed by atoms with E-state index in [2.05, 4.69) is 29.3 Å². The van der Waals surface area contributed by atoms with E-state index in [0.717, 1.165) is 56.8 Å². The number of nitrogens with zero attached hydrogens (tertiary/aromatic N) is 1. The first kappa shape index (κ1) is 23.3. The Labute approximate surface area is 203 Å². The monoisotopic (exact) mass is 466 g/mol. The summed E-state index contributed by atoms with van der Waals surface area (Å²) in [6.45, 7) is 5.55. The van der Waals surface area contributed by atoms with Crippen molar-refractivity contribution in [2.45, 2.75) is 51.1 Å². The standard InChI is InChI=1S/C28H38N2O4/c1-5-17-16-30-9-7-19-13-27(33-3)28(34-4)15-22(19)24(30)11-20(17)10-23-21-14-26(32-2)25(31)12-18(21)6-8-29-23/h12-15,17,20,23-24,29,31H,5-11,16H2,1-4H3/t17-,20-,23?,24-/m0/s1. The van der Waals surface area contributed by atoms with Crippen molar-refractivity contribution in [1.29, 1.82) is 0 Å². The molecule has 3 heterocycles. The molecule has 0 spiro atoms. The van der Waals surface area contributed by atoms with Gasteiger partial charge in [-0.1, -0.05) is 13.3 Å². The Bertz CT molecular complexity index is 1040. The number of rotatable bonds is 6. The molecule has 2 aromatic rings. The van der Waals surface area contributed by atoms with E-state index >= 15 is 0 Å². The van der Waals surface area contributed by atoms with E-state index in [0.29, 0.717) is 23.6 Å². The molecule has 3 aliphatic rings. The van der Waals surface area contributed by atoms with Crippen LogP contribution >= 0.6 is 0 Å². The molecule has 0 amide bonds. The van der Waals surface area contributed by atoms with Crippen LogP contribution in [-0.2, 0) is 12.8 Å². The lowest BCUT2D eigenvalue weighted by molar-refractivity contribution is 0.0434. The van der Waals surface area contributed by atoms with Crippen LogP contribution in [-0.4, -0.2) is 51.0 Å². The molecule has 3 aliphatic heterocycles. The van der Waals surface area contributed by atoms with Gasteiger partial charge in [-0.15, -0.1) is 0 Å². The summed E-state index contributed by atoms with van der Waals surface area (Å²) >= 11 is 0. The first-order valence-corrected chi connectivity index (χ1v) is 12.7. The number of methoxy groups -OCH3 is 3. The third kappa shape index (κ3) is 4.11. The van der Waals surface area contributed by atoms with Gasteiger partial charge in [0.05, 0.1) is 21.3 Å². The van der Waals surface area contributed by atoms with Crippen molar-refractivity contribution < 1.29 is 19.3 Å². The zero-order chi connectivity index (χ0) is 23.8. The normalized spacial score (nSPS) is 26.2. The number of aromatic hydroxyl groups is 1. The van der Waals surface area contributed by atoms with Crippen LogP contribution in [0.1, 0.15) is 60.5 Å². The summed E-state index contributed by atoms with van der Waals surface area (Å²) in [4.78, 5) is 2.70. The van der Waals surface area contributed by atoms with Crippen LogP contribution in [0.4, 0.5) is 0 Å². The number of hydrogen-bond acceptors (Lipinski definition) is 6. The zero-order valence-electron chi connectivity index (χ0n) is 20.9. The molecule has 2 aromatic carbocycles. The molecule has 1 saturated heterocycles. The van der Waals surface area contributed by atoms with E-state index in [9.17, 15) is 5.11 Å². The Morgan fingerprint density at radius 3 is 2.35 bits per heavy atom. The second-order valence-corrected chi connectivity index (χ2v) is 10.0. The van der Waals surface area contributed by atoms with Gasteiger partial charge in [-0.05, 0) is 90.6 Å². The Kier molecular flexibility index (Phi) is 6.63. The van der Waals surface area contributed by atoms with E-state index < -0.39 is 0 Å². The Morgan fingerprint density at radius 2 is 1.62 bits per heavy atom. The minimum atomic E-state index is 0.241. The van der Waals surface area contributed by atoms with Gasteiger partial charge in [-0.2, -0.15) is 0 Å². The van der Waals surface area contributed by atoms with E-state index in [-0.39, 0.29) is 11.8 Å². The highest BCUT2D eigenvalue weighted by Gasteiger charge is 2.40. The number of piperidine rings is 1. The number of hydrogen-bond donors (Lipinski definition) is 2. The van der Waals surface area contributed by atoms with Crippen molar-refractivity contribution in [3.63, 3.8) is 0 Å². The molecule has 4 atom stereocenters. The van der Waals surface area contributed by atoms with E-state index in [1.807, 2.05) is 12.1 Å². The Balaban J connectivity index is 1.43. The smallest absolute Gasteiger partial charge is 0.161 e. The first-order valence-electron chi connectivity index (χ1n) is 12.7. The highest BCUT2D eigenvalue weighted by Crippen LogP contribution is 2.47. The molecule has 5 rings (SSSR count). The molecule has 184 valence electrons. The summed E-state index contributed by atoms with van der Waals surface area (Å²) in [5, 5.41) is 14.1. The second kappa shape index (κ2) is 9.67. The largest absolute Gasteiger partial charge is 0.504 e. The van der Waals surface area contributed by atoms with Crippen LogP contribution in [0.5, 0.6) is 23.0 Å². The maximum Gasteiger partial charge on any atom is 0.161 e. The molecule has 0 radical (unpaired) electrons. The van der Waals surface area contributed by atoms with Crippen LogP contribution < -0.4 is 19.5 Å². The molecule has 1 fully saturated rings. The fourth-order valence-electron chi connectivity index (χ4n) is 6.59. The fourth-order valence-corrected chi connectivity index (χ4v) is 6.59. The first-order chi connectivity index (χ1) is 16.6. The lowest BCUT2D eigenvalue weighted by Crippen LogP contribution is -2.46. The quantitative estimate of drug-likeness (QED) is 0.647. The number of nitrogens with one attached hydrogen (secondary N) is 1. The SMILES string of the molecule is CC[C@H]1CN2CCc3cc(OC)c(OC)cc3[C@@H]2C[C@@H]1CC1NCCc2cc(O)c(OC)cc21. The number of benzene rings is 2. The minimum Gasteiger partial charge on any atom is -0.504 e. The average Bonchev–Trinajstić information content (AvgIpc) is 2.87. The molecule has 6 heteroatoms. The molecular formula is C28H38N2O4. The number of fused-ring (bicyclic) bond motifs is 4. The highest BCUT2D eigenvalue weighted by atomic mass is 16.5. The van der Waals surface area contributed by atoms with Gasteiger partial charge in [0.1, 0.15) is 0 Å². The van der Waals surface area contributed by atoms with Crippen LogP contribution in [0.25, 0.3) is 0 Å². The third-order valence-electron chi connectivity index (χ3n) is 8.44. The van der Waals surface area contributed by atoms with Crippen molar-refractivity contribution in [1.82, 2.24) is 10.2 Å². The predicted molar refractivity (Wildman–Crippen MR) is 133 cm³/mol. The van der Waals surface area contributed by atoms with Crippen molar-refractivity contribution in [2.24, 2.45) is 11.8 Å². The van der Waals surface area contributed by atoms with Crippen LogP contribution in [0.15, 0.2) is 24.3 Å². The van der Waals surface area contributed by atoms with Crippen molar-refractivity contribution in [2.75, 3.05) is 41.0 Å². The summed E-state index contributed by atoms with van der Waals surface area (Å²) in [5.41, 5.74) is 5.34. The van der Waals surface area contributed by atoms with Gasteiger partial charge in [0.2, 0.25) is 0 Å². The molecule has 0 aromatic heterocycles. The summed E-state index contributed by atoms with van der Waals surface area (Å²) in [5.74, 6) is 3.76. The molecule has 1 unspecified atom stereocenters. The van der Waals surface area contributed by atoms with Crippen molar-refractivity contribution in [3.05, 3.63) is 46.5 Å². The summed E-state index contributed by atoms with van der Waals surface area (Å²) in [7, 11) is 5.06.